The largest absolute Gasteiger partial charge is 0.367 e. The number of piperidine rings is 1. The first-order valence-electron chi connectivity index (χ1n) is 8.00. The Morgan fingerprint density at radius 2 is 2.29 bits per heavy atom. The Morgan fingerprint density at radius 3 is 3.19 bits per heavy atom. The minimum Gasteiger partial charge on any atom is -0.367 e. The van der Waals surface area contributed by atoms with Crippen LogP contribution in [0.1, 0.15) is 39.0 Å². The van der Waals surface area contributed by atoms with Gasteiger partial charge in [-0.15, -0.1) is 0 Å². The summed E-state index contributed by atoms with van der Waals surface area (Å²) in [5, 5.41) is 3.49. The average Bonchev–Trinajstić information content (AvgIpc) is 3.01. The molecule has 3 heterocycles. The van der Waals surface area contributed by atoms with Gasteiger partial charge >= 0.3 is 0 Å². The summed E-state index contributed by atoms with van der Waals surface area (Å²) in [7, 11) is 0. The first kappa shape index (κ1) is 14.3. The Labute approximate surface area is 125 Å². The molecule has 0 aliphatic carbocycles. The molecule has 1 aliphatic rings. The molecule has 1 unspecified atom stereocenters. The van der Waals surface area contributed by atoms with Gasteiger partial charge in [-0.2, -0.15) is 0 Å². The zero-order chi connectivity index (χ0) is 14.5. The zero-order valence-electron chi connectivity index (χ0n) is 12.7. The molecular weight excluding hydrogens is 264 g/mol. The molecule has 2 aromatic heterocycles. The lowest BCUT2D eigenvalue weighted by Crippen LogP contribution is -2.44. The molecule has 1 atom stereocenters. The quantitative estimate of drug-likeness (QED) is 0.854. The number of aromatic amines is 1. The number of nitrogens with one attached hydrogen (secondary N) is 2. The number of aromatic nitrogens is 4. The van der Waals surface area contributed by atoms with Crippen molar-refractivity contribution in [2.24, 2.45) is 0 Å². The Morgan fingerprint density at radius 1 is 1.33 bits per heavy atom. The molecule has 0 spiro atoms. The highest BCUT2D eigenvalue weighted by Gasteiger charge is 2.21. The maximum atomic E-state index is 4.34. The van der Waals surface area contributed by atoms with E-state index in [9.17, 15) is 0 Å². The second-order valence-corrected chi connectivity index (χ2v) is 5.74. The van der Waals surface area contributed by atoms with E-state index in [1.807, 2.05) is 0 Å². The second kappa shape index (κ2) is 6.85. The molecule has 0 radical (unpaired) electrons. The fourth-order valence-electron chi connectivity index (χ4n) is 3.06. The highest BCUT2D eigenvalue weighted by molar-refractivity contribution is 5.81. The number of unbranched alkanes of at least 4 members (excludes halogenated alkanes) is 1. The number of hydrogen-bond acceptors (Lipinski definition) is 5. The van der Waals surface area contributed by atoms with Crippen molar-refractivity contribution < 1.29 is 0 Å². The van der Waals surface area contributed by atoms with E-state index < -0.39 is 0 Å². The predicted molar refractivity (Wildman–Crippen MR) is 84.3 cm³/mol. The topological polar surface area (TPSA) is 69.7 Å². The molecule has 6 heteroatoms. The summed E-state index contributed by atoms with van der Waals surface area (Å²) in [5.41, 5.74) is 1.62. The Bertz CT molecular complexity index is 566. The van der Waals surface area contributed by atoms with E-state index in [4.69, 9.17) is 0 Å². The summed E-state index contributed by atoms with van der Waals surface area (Å²) in [6.45, 7) is 5.64. The van der Waals surface area contributed by atoms with Crippen molar-refractivity contribution in [3.63, 3.8) is 0 Å². The summed E-state index contributed by atoms with van der Waals surface area (Å²) in [5.74, 6) is 0.860. The van der Waals surface area contributed by atoms with Crippen molar-refractivity contribution in [1.29, 1.82) is 0 Å². The van der Waals surface area contributed by atoms with Gasteiger partial charge in [0, 0.05) is 12.6 Å². The standard InChI is InChI=1S/C15H24N6/c1-2-3-7-21-8-5-4-6-12(21)9-16-14-13-15(18-10-17-13)20-11-19-14/h10-12H,2-9H2,1H3,(H2,16,17,18,19,20). The third kappa shape index (κ3) is 3.32. The number of anilines is 1. The van der Waals surface area contributed by atoms with Gasteiger partial charge in [0.25, 0.3) is 0 Å². The second-order valence-electron chi connectivity index (χ2n) is 5.74. The van der Waals surface area contributed by atoms with Crippen LogP contribution in [-0.4, -0.2) is 50.5 Å². The Hall–Kier alpha value is -1.69. The lowest BCUT2D eigenvalue weighted by atomic mass is 10.0. The normalized spacial score (nSPS) is 20.0. The number of nitrogens with zero attached hydrogens (tertiary/aromatic N) is 4. The smallest absolute Gasteiger partial charge is 0.182 e. The molecular formula is C15H24N6. The summed E-state index contributed by atoms with van der Waals surface area (Å²) in [4.78, 5) is 18.4. The summed E-state index contributed by atoms with van der Waals surface area (Å²) in [6, 6.07) is 0.609. The molecule has 2 aromatic rings. The van der Waals surface area contributed by atoms with Gasteiger partial charge in [-0.25, -0.2) is 15.0 Å². The molecule has 1 fully saturated rings. The predicted octanol–water partition coefficient (Wildman–Crippen LogP) is 2.42. The van der Waals surface area contributed by atoms with Gasteiger partial charge < -0.3 is 10.3 Å². The van der Waals surface area contributed by atoms with Crippen LogP contribution in [0.15, 0.2) is 12.7 Å². The monoisotopic (exact) mass is 288 g/mol. The van der Waals surface area contributed by atoms with Crippen LogP contribution in [0.25, 0.3) is 11.2 Å². The van der Waals surface area contributed by atoms with Gasteiger partial charge in [0.05, 0.1) is 6.33 Å². The lowest BCUT2D eigenvalue weighted by Gasteiger charge is -2.35. The van der Waals surface area contributed by atoms with Crippen LogP contribution in [-0.2, 0) is 0 Å². The SMILES string of the molecule is CCCCN1CCCCC1CNc1ncnc2nc[nH]c12. The van der Waals surface area contributed by atoms with Crippen LogP contribution >= 0.6 is 0 Å². The molecule has 0 aromatic carbocycles. The van der Waals surface area contributed by atoms with Crippen molar-refractivity contribution >= 4 is 17.0 Å². The average molecular weight is 288 g/mol. The molecule has 2 N–H and O–H groups in total. The van der Waals surface area contributed by atoms with Gasteiger partial charge in [-0.3, -0.25) is 4.90 Å². The van der Waals surface area contributed by atoms with Gasteiger partial charge in [0.1, 0.15) is 11.8 Å². The first-order valence-corrected chi connectivity index (χ1v) is 8.00. The van der Waals surface area contributed by atoms with E-state index in [1.165, 1.54) is 45.2 Å². The summed E-state index contributed by atoms with van der Waals surface area (Å²) < 4.78 is 0. The van der Waals surface area contributed by atoms with E-state index >= 15 is 0 Å². The van der Waals surface area contributed by atoms with Crippen molar-refractivity contribution in [1.82, 2.24) is 24.8 Å². The first-order chi connectivity index (χ1) is 10.4. The van der Waals surface area contributed by atoms with Crippen LogP contribution in [0.3, 0.4) is 0 Å². The van der Waals surface area contributed by atoms with Crippen LogP contribution in [0, 0.1) is 0 Å². The molecule has 1 saturated heterocycles. The molecule has 21 heavy (non-hydrogen) atoms. The Balaban J connectivity index is 1.63. The molecule has 6 nitrogen and oxygen atoms in total. The number of H-pyrrole nitrogens is 1. The highest BCUT2D eigenvalue weighted by Crippen LogP contribution is 2.20. The molecule has 1 aliphatic heterocycles. The number of imidazole rings is 1. The summed E-state index contributed by atoms with van der Waals surface area (Å²) >= 11 is 0. The molecule has 0 saturated carbocycles. The number of hydrogen-bond donors (Lipinski definition) is 2. The van der Waals surface area contributed by atoms with Crippen molar-refractivity contribution in [3.8, 4) is 0 Å². The highest BCUT2D eigenvalue weighted by atomic mass is 15.2. The fourth-order valence-corrected chi connectivity index (χ4v) is 3.06. The van der Waals surface area contributed by atoms with Crippen LogP contribution in [0.5, 0.6) is 0 Å². The zero-order valence-corrected chi connectivity index (χ0v) is 12.7. The lowest BCUT2D eigenvalue weighted by molar-refractivity contribution is 0.154. The van der Waals surface area contributed by atoms with E-state index in [1.54, 1.807) is 12.7 Å². The molecule has 0 amide bonds. The fraction of sp³-hybridized carbons (Fsp3) is 0.667. The van der Waals surface area contributed by atoms with E-state index in [-0.39, 0.29) is 0 Å². The van der Waals surface area contributed by atoms with Gasteiger partial charge in [0.15, 0.2) is 11.5 Å². The maximum absolute atomic E-state index is 4.34. The van der Waals surface area contributed by atoms with E-state index in [2.05, 4.69) is 37.1 Å². The third-order valence-corrected chi connectivity index (χ3v) is 4.28. The van der Waals surface area contributed by atoms with Crippen molar-refractivity contribution in [2.45, 2.75) is 45.1 Å². The van der Waals surface area contributed by atoms with Gasteiger partial charge in [-0.1, -0.05) is 19.8 Å². The van der Waals surface area contributed by atoms with Crippen LogP contribution in [0.2, 0.25) is 0 Å². The van der Waals surface area contributed by atoms with Crippen molar-refractivity contribution in [3.05, 3.63) is 12.7 Å². The molecule has 114 valence electrons. The minimum absolute atomic E-state index is 0.609. The van der Waals surface area contributed by atoms with Crippen LogP contribution < -0.4 is 5.32 Å². The number of likely N-dealkylation sites (tertiary alicyclic amines) is 1. The number of fused-ring (bicyclic) bond motifs is 1. The third-order valence-electron chi connectivity index (χ3n) is 4.28. The van der Waals surface area contributed by atoms with Gasteiger partial charge in [-0.05, 0) is 32.4 Å². The summed E-state index contributed by atoms with van der Waals surface area (Å²) in [6.07, 6.45) is 9.72. The van der Waals surface area contributed by atoms with E-state index in [0.29, 0.717) is 6.04 Å². The molecule has 3 rings (SSSR count). The van der Waals surface area contributed by atoms with Gasteiger partial charge in [0.2, 0.25) is 0 Å². The number of rotatable bonds is 6. The Kier molecular flexibility index (Phi) is 4.65. The maximum Gasteiger partial charge on any atom is 0.182 e. The minimum atomic E-state index is 0.609. The van der Waals surface area contributed by atoms with E-state index in [0.717, 1.165) is 23.5 Å². The van der Waals surface area contributed by atoms with Crippen molar-refractivity contribution in [2.75, 3.05) is 25.0 Å². The van der Waals surface area contributed by atoms with Crippen LogP contribution in [0.4, 0.5) is 5.82 Å². The molecule has 0 bridgehead atoms.